The minimum Gasteiger partial charge on any atom is -0.457 e. The van der Waals surface area contributed by atoms with E-state index in [0.717, 1.165) is 50.2 Å². The number of nitrogens with zero attached hydrogens (tertiary/aromatic N) is 2. The molecule has 3 N–H and O–H groups in total. The lowest BCUT2D eigenvalue weighted by Crippen LogP contribution is -2.59. The van der Waals surface area contributed by atoms with Crippen molar-refractivity contribution in [1.29, 1.82) is 0 Å². The van der Waals surface area contributed by atoms with E-state index in [9.17, 15) is 29.7 Å². The third kappa shape index (κ3) is 7.97. The summed E-state index contributed by atoms with van der Waals surface area (Å²) in [6, 6.07) is 0.253. The summed E-state index contributed by atoms with van der Waals surface area (Å²) in [6.07, 6.45) is 13.3. The van der Waals surface area contributed by atoms with Gasteiger partial charge in [-0.2, -0.15) is 0 Å². The van der Waals surface area contributed by atoms with Gasteiger partial charge in [-0.15, -0.1) is 0 Å². The number of hydrogen-bond donors (Lipinski definition) is 3. The van der Waals surface area contributed by atoms with Crippen LogP contribution in [0.4, 0.5) is 0 Å². The molecule has 4 saturated heterocycles. The van der Waals surface area contributed by atoms with Gasteiger partial charge in [0.15, 0.2) is 12.2 Å². The SMILES string of the molecule is CO[C@H]1C[C@H]2C=C[C@@H]3[C@H]4C(=O)C(C)C(N5CCCC5)[C@@H]3O[C@@]24/C(C)=C/[C@@H](C)[C@@H]([C@@H](C)O)OC1=O.CO[C@H]1C[C@H]2C=C[C@H]3[C@H]4O[C@]2(/C(C)=C/[C@@H](C)[C@@H]([C@@H](C)O)OC1=O)[C@@H]3[C@H](O)[C@@H](C)[C@@H]4N1CCCC1. The molecule has 68 heavy (non-hydrogen) atoms. The predicted molar refractivity (Wildman–Crippen MR) is 253 cm³/mol. The molecule has 6 heterocycles. The fourth-order valence-corrected chi connectivity index (χ4v) is 15.6. The quantitative estimate of drug-likeness (QED) is 0.244. The molecule has 8 bridgehead atoms. The van der Waals surface area contributed by atoms with Crippen molar-refractivity contribution >= 4 is 17.7 Å². The van der Waals surface area contributed by atoms with E-state index in [0.29, 0.717) is 12.8 Å². The largest absolute Gasteiger partial charge is 0.457 e. The number of aliphatic hydroxyl groups is 3. The summed E-state index contributed by atoms with van der Waals surface area (Å²) in [6.45, 7) is 19.7. The number of hydrogen-bond acceptors (Lipinski definition) is 14. The van der Waals surface area contributed by atoms with Crippen LogP contribution in [0, 0.1) is 59.2 Å². The number of Topliss-reactive ketones (excluding diaryl/α,β-unsaturated/α-hetero) is 1. The zero-order valence-corrected chi connectivity index (χ0v) is 42.1. The number of rotatable bonds is 6. The first kappa shape index (κ1) is 50.2. The summed E-state index contributed by atoms with van der Waals surface area (Å²) in [5.41, 5.74) is 0.528. The van der Waals surface area contributed by atoms with Crippen molar-refractivity contribution in [3.63, 3.8) is 0 Å². The monoisotopic (exact) mass is 949 g/mol. The molecule has 23 atom stereocenters. The Morgan fingerprint density at radius 3 is 1.60 bits per heavy atom. The lowest BCUT2D eigenvalue weighted by atomic mass is 9.57. The van der Waals surface area contributed by atoms with Gasteiger partial charge in [0.2, 0.25) is 0 Å². The number of esters is 2. The molecule has 14 heteroatoms. The van der Waals surface area contributed by atoms with Crippen LogP contribution in [-0.2, 0) is 42.8 Å². The van der Waals surface area contributed by atoms with Crippen LogP contribution < -0.4 is 0 Å². The normalized spacial score (nSPS) is 50.3. The van der Waals surface area contributed by atoms with Gasteiger partial charge in [-0.3, -0.25) is 14.6 Å². The first-order valence-corrected chi connectivity index (χ1v) is 26.0. The van der Waals surface area contributed by atoms with Crippen LogP contribution >= 0.6 is 0 Å². The van der Waals surface area contributed by atoms with E-state index in [1.165, 1.54) is 27.1 Å². The lowest BCUT2D eigenvalue weighted by molar-refractivity contribution is -0.172. The summed E-state index contributed by atoms with van der Waals surface area (Å²) >= 11 is 0. The Balaban J connectivity index is 0.000000170. The molecule has 2 unspecified atom stereocenters. The maximum atomic E-state index is 14.0. The van der Waals surface area contributed by atoms with Crippen LogP contribution in [-0.4, -0.2) is 161 Å². The Hall–Kier alpha value is -2.79. The van der Waals surface area contributed by atoms with Crippen molar-refractivity contribution in [3.05, 3.63) is 47.6 Å². The first-order chi connectivity index (χ1) is 32.4. The van der Waals surface area contributed by atoms with Crippen molar-refractivity contribution < 1.29 is 58.1 Å². The van der Waals surface area contributed by atoms with E-state index in [1.54, 1.807) is 13.8 Å². The molecule has 6 aliphatic heterocycles. The molecule has 10 rings (SSSR count). The van der Waals surface area contributed by atoms with Gasteiger partial charge in [0, 0.05) is 79.6 Å². The summed E-state index contributed by atoms with van der Waals surface area (Å²) in [5, 5.41) is 32.6. The Bertz CT molecular complexity index is 2020. The van der Waals surface area contributed by atoms with Crippen LogP contribution in [0.3, 0.4) is 0 Å². The zero-order valence-electron chi connectivity index (χ0n) is 42.1. The molecule has 0 aromatic rings. The van der Waals surface area contributed by atoms with Crippen molar-refractivity contribution in [2.45, 2.75) is 172 Å². The zero-order chi connectivity index (χ0) is 48.7. The topological polar surface area (TPSA) is 174 Å². The van der Waals surface area contributed by atoms with Gasteiger partial charge in [0.25, 0.3) is 0 Å². The second kappa shape index (κ2) is 19.3. The Morgan fingerprint density at radius 1 is 0.662 bits per heavy atom. The fourth-order valence-electron chi connectivity index (χ4n) is 15.6. The number of ether oxygens (including phenoxy) is 6. The minimum atomic E-state index is -0.836. The third-order valence-electron chi connectivity index (χ3n) is 18.7. The highest BCUT2D eigenvalue weighted by Gasteiger charge is 2.70. The maximum Gasteiger partial charge on any atom is 0.335 e. The molecule has 4 aliphatic carbocycles. The molecule has 2 spiro atoms. The standard InChI is InChI=1S/C27H41NO6.C27H39NO6/c2*1-14-12-15(2)27-18(13-20(32-5)26(31)33-24(14)17(4)29)8-9-19-21(27)23(30)16(3)22(25(19)34-27)28-10-6-7-11-28/h8-9,12,14,16-25,29-30H,6-7,10-11,13H2,1-5H3;8-9,12,14,16-22,24-25,29H,6-7,10-11,13H2,1-5H3/b2*15-12+/t14-,16+,17-,18-,19-,20+,21+,22+,23-,24+,25-,27+;14-,16?,17-,18-,19-,20+,21+,22?,24+,25-,27+/m11/s1. The highest BCUT2D eigenvalue weighted by molar-refractivity contribution is 5.89. The van der Waals surface area contributed by atoms with Crippen LogP contribution in [0.25, 0.3) is 0 Å². The summed E-state index contributed by atoms with van der Waals surface area (Å²) in [5.74, 6) is -1.61. The van der Waals surface area contributed by atoms with Crippen molar-refractivity contribution in [2.75, 3.05) is 40.4 Å². The second-order valence-electron chi connectivity index (χ2n) is 22.5. The van der Waals surface area contributed by atoms with E-state index in [-0.39, 0.29) is 89.3 Å². The van der Waals surface area contributed by atoms with Crippen LogP contribution in [0.5, 0.6) is 0 Å². The minimum absolute atomic E-state index is 0.00450. The van der Waals surface area contributed by atoms with Crippen LogP contribution in [0.15, 0.2) is 47.6 Å². The summed E-state index contributed by atoms with van der Waals surface area (Å²) in [4.78, 5) is 45.1. The average Bonchev–Trinajstić information content (AvgIpc) is 4.10. The Morgan fingerprint density at radius 2 is 1.10 bits per heavy atom. The highest BCUT2D eigenvalue weighted by Crippen LogP contribution is 2.63. The summed E-state index contributed by atoms with van der Waals surface area (Å²) in [7, 11) is 3.03. The number of ketones is 1. The fraction of sp³-hybridized carbons (Fsp3) is 0.796. The molecule has 378 valence electrons. The molecule has 10 aliphatic rings. The van der Waals surface area contributed by atoms with Gasteiger partial charge in [-0.1, -0.05) is 64.2 Å². The van der Waals surface area contributed by atoms with Gasteiger partial charge >= 0.3 is 11.9 Å². The maximum absolute atomic E-state index is 14.0. The molecule has 14 nitrogen and oxygen atoms in total. The van der Waals surface area contributed by atoms with Crippen molar-refractivity contribution in [2.24, 2.45) is 59.2 Å². The van der Waals surface area contributed by atoms with E-state index >= 15 is 0 Å². The number of methoxy groups -OCH3 is 2. The first-order valence-electron chi connectivity index (χ1n) is 26.0. The third-order valence-corrected chi connectivity index (χ3v) is 18.7. The lowest BCUT2D eigenvalue weighted by Gasteiger charge is -2.50. The van der Waals surface area contributed by atoms with Gasteiger partial charge in [0.05, 0.1) is 36.4 Å². The van der Waals surface area contributed by atoms with Crippen LogP contribution in [0.2, 0.25) is 0 Å². The predicted octanol–water partition coefficient (Wildman–Crippen LogP) is 4.83. The molecular weight excluding hydrogens is 869 g/mol. The van der Waals surface area contributed by atoms with Gasteiger partial charge in [-0.25, -0.2) is 9.59 Å². The van der Waals surface area contributed by atoms with E-state index < -0.39 is 65.9 Å². The second-order valence-corrected chi connectivity index (χ2v) is 22.5. The molecular formula is C54H80N2O12. The highest BCUT2D eigenvalue weighted by atomic mass is 16.6. The number of aliphatic hydroxyl groups excluding tert-OH is 3. The Labute approximate surface area is 403 Å². The molecule has 0 amide bonds. The molecule has 6 fully saturated rings. The summed E-state index contributed by atoms with van der Waals surface area (Å²) < 4.78 is 37.0. The molecule has 0 aromatic carbocycles. The number of carbonyl (C=O) groups is 3. The number of likely N-dealkylation sites (tertiary alicyclic amines) is 2. The van der Waals surface area contributed by atoms with Crippen molar-refractivity contribution in [1.82, 2.24) is 9.80 Å². The van der Waals surface area contributed by atoms with E-state index in [4.69, 9.17) is 28.4 Å². The molecule has 2 saturated carbocycles. The van der Waals surface area contributed by atoms with E-state index in [1.807, 2.05) is 20.8 Å². The van der Waals surface area contributed by atoms with Gasteiger partial charge in [0.1, 0.15) is 29.2 Å². The Kier molecular flexibility index (Phi) is 14.3. The molecule has 0 radical (unpaired) electrons. The smallest absolute Gasteiger partial charge is 0.335 e. The number of cyclic esters (lactones) is 2. The van der Waals surface area contributed by atoms with E-state index in [2.05, 4.69) is 67.0 Å². The van der Waals surface area contributed by atoms with Crippen LogP contribution in [0.1, 0.15) is 93.9 Å². The number of carbonyl (C=O) groups excluding carboxylic acids is 3. The van der Waals surface area contributed by atoms with Gasteiger partial charge in [-0.05, 0) is 104 Å². The average molecular weight is 949 g/mol. The van der Waals surface area contributed by atoms with Crippen molar-refractivity contribution in [3.8, 4) is 0 Å². The van der Waals surface area contributed by atoms with Gasteiger partial charge < -0.3 is 43.7 Å². The molecule has 0 aromatic heterocycles.